The number of ether oxygens (including phenoxy) is 1. The smallest absolute Gasteiger partial charge is 0.131 e. The van der Waals surface area contributed by atoms with Gasteiger partial charge in [0.25, 0.3) is 0 Å². The number of benzene rings is 1. The zero-order valence-corrected chi connectivity index (χ0v) is 13.5. The van der Waals surface area contributed by atoms with Crippen LogP contribution in [0.4, 0.5) is 5.82 Å². The first-order chi connectivity index (χ1) is 10.2. The molecule has 3 N–H and O–H groups in total. The summed E-state index contributed by atoms with van der Waals surface area (Å²) in [6.07, 6.45) is 1.87. The quantitative estimate of drug-likeness (QED) is 0.876. The molecule has 0 unspecified atom stereocenters. The molecule has 110 valence electrons. The summed E-state index contributed by atoms with van der Waals surface area (Å²) in [6, 6.07) is 8.37. The topological polar surface area (TPSA) is 60.2 Å². The molecule has 3 rings (SSSR count). The maximum Gasteiger partial charge on any atom is 0.131 e. The number of aromatic nitrogens is 1. The van der Waals surface area contributed by atoms with Gasteiger partial charge in [-0.25, -0.2) is 4.98 Å². The summed E-state index contributed by atoms with van der Waals surface area (Å²) in [5.41, 5.74) is 10.4. The molecule has 0 saturated carbocycles. The van der Waals surface area contributed by atoms with Crippen LogP contribution in [0.2, 0.25) is 0 Å². The Kier molecular flexibility index (Phi) is 4.24. The number of anilines is 1. The molecule has 2 aromatic rings. The van der Waals surface area contributed by atoms with Crippen molar-refractivity contribution in [1.29, 1.82) is 0 Å². The summed E-state index contributed by atoms with van der Waals surface area (Å²) in [7, 11) is 0. The SMILES string of the molecule is Cc1c(Br)cnc(N)c1-c1ccc([C@H]2CNCCO2)cc1. The Hall–Kier alpha value is -1.43. The lowest BCUT2D eigenvalue weighted by molar-refractivity contribution is 0.0277. The highest BCUT2D eigenvalue weighted by Crippen LogP contribution is 2.33. The van der Waals surface area contributed by atoms with E-state index in [9.17, 15) is 0 Å². The van der Waals surface area contributed by atoms with Crippen molar-refractivity contribution in [3.63, 3.8) is 0 Å². The van der Waals surface area contributed by atoms with Crippen LogP contribution in [0.5, 0.6) is 0 Å². The van der Waals surface area contributed by atoms with E-state index in [-0.39, 0.29) is 6.10 Å². The van der Waals surface area contributed by atoms with Gasteiger partial charge in [-0.1, -0.05) is 24.3 Å². The molecule has 1 aromatic heterocycles. The minimum Gasteiger partial charge on any atom is -0.383 e. The third-order valence-corrected chi connectivity index (χ3v) is 4.60. The second kappa shape index (κ2) is 6.13. The van der Waals surface area contributed by atoms with Crippen LogP contribution < -0.4 is 11.1 Å². The first-order valence-electron chi connectivity index (χ1n) is 7.00. The number of nitrogens with zero attached hydrogens (tertiary/aromatic N) is 1. The second-order valence-corrected chi connectivity index (χ2v) is 6.03. The van der Waals surface area contributed by atoms with Crippen LogP contribution in [-0.2, 0) is 4.74 Å². The lowest BCUT2D eigenvalue weighted by Crippen LogP contribution is -2.33. The molecule has 2 heterocycles. The van der Waals surface area contributed by atoms with Gasteiger partial charge in [-0.2, -0.15) is 0 Å². The number of hydrogen-bond acceptors (Lipinski definition) is 4. The van der Waals surface area contributed by atoms with Gasteiger partial charge in [0.15, 0.2) is 0 Å². The Balaban J connectivity index is 1.92. The monoisotopic (exact) mass is 347 g/mol. The van der Waals surface area contributed by atoms with Crippen molar-refractivity contribution in [2.75, 3.05) is 25.4 Å². The molecule has 0 amide bonds. The van der Waals surface area contributed by atoms with Gasteiger partial charge in [-0.15, -0.1) is 0 Å². The summed E-state index contributed by atoms with van der Waals surface area (Å²) in [6.45, 7) is 4.58. The molecule has 0 radical (unpaired) electrons. The van der Waals surface area contributed by atoms with E-state index < -0.39 is 0 Å². The Morgan fingerprint density at radius 1 is 1.33 bits per heavy atom. The van der Waals surface area contributed by atoms with Gasteiger partial charge in [0.1, 0.15) is 5.82 Å². The summed E-state index contributed by atoms with van der Waals surface area (Å²) >= 11 is 3.51. The second-order valence-electron chi connectivity index (χ2n) is 5.18. The van der Waals surface area contributed by atoms with E-state index in [1.807, 2.05) is 6.92 Å². The zero-order chi connectivity index (χ0) is 14.8. The van der Waals surface area contributed by atoms with Gasteiger partial charge in [0.05, 0.1) is 12.7 Å². The fourth-order valence-corrected chi connectivity index (χ4v) is 2.91. The maximum atomic E-state index is 6.04. The number of rotatable bonds is 2. The maximum absolute atomic E-state index is 6.04. The molecule has 4 nitrogen and oxygen atoms in total. The van der Waals surface area contributed by atoms with E-state index in [4.69, 9.17) is 10.5 Å². The molecule has 1 aromatic carbocycles. The average Bonchev–Trinajstić information content (AvgIpc) is 2.53. The highest BCUT2D eigenvalue weighted by molar-refractivity contribution is 9.10. The highest BCUT2D eigenvalue weighted by Gasteiger charge is 2.16. The van der Waals surface area contributed by atoms with Crippen molar-refractivity contribution in [1.82, 2.24) is 10.3 Å². The summed E-state index contributed by atoms with van der Waals surface area (Å²) in [5.74, 6) is 0.555. The van der Waals surface area contributed by atoms with Crippen molar-refractivity contribution in [3.05, 3.63) is 46.1 Å². The van der Waals surface area contributed by atoms with Crippen molar-refractivity contribution >= 4 is 21.7 Å². The molecule has 0 bridgehead atoms. The molecule has 1 saturated heterocycles. The van der Waals surface area contributed by atoms with Crippen molar-refractivity contribution in [2.45, 2.75) is 13.0 Å². The minimum absolute atomic E-state index is 0.131. The van der Waals surface area contributed by atoms with E-state index in [0.717, 1.165) is 40.9 Å². The van der Waals surface area contributed by atoms with Crippen LogP contribution in [0.15, 0.2) is 34.9 Å². The Morgan fingerprint density at radius 3 is 2.76 bits per heavy atom. The van der Waals surface area contributed by atoms with Gasteiger partial charge >= 0.3 is 0 Å². The predicted octanol–water partition coefficient (Wildman–Crippen LogP) is 3.06. The minimum atomic E-state index is 0.131. The van der Waals surface area contributed by atoms with Gasteiger partial charge < -0.3 is 15.8 Å². The largest absolute Gasteiger partial charge is 0.383 e. The fourth-order valence-electron chi connectivity index (χ4n) is 2.61. The molecule has 21 heavy (non-hydrogen) atoms. The molecule has 0 spiro atoms. The molecule has 1 aliphatic heterocycles. The first kappa shape index (κ1) is 14.5. The Bertz CT molecular complexity index is 637. The summed E-state index contributed by atoms with van der Waals surface area (Å²) in [5, 5.41) is 3.34. The molecule has 5 heteroatoms. The van der Waals surface area contributed by atoms with Crippen LogP contribution in [-0.4, -0.2) is 24.7 Å². The average molecular weight is 348 g/mol. The highest BCUT2D eigenvalue weighted by atomic mass is 79.9. The number of morpholine rings is 1. The van der Waals surface area contributed by atoms with E-state index >= 15 is 0 Å². The molecule has 1 aliphatic rings. The molecular weight excluding hydrogens is 330 g/mol. The molecule has 1 fully saturated rings. The molecular formula is C16H18BrN3O. The van der Waals surface area contributed by atoms with Gasteiger partial charge in [-0.3, -0.25) is 0 Å². The number of hydrogen-bond donors (Lipinski definition) is 2. The van der Waals surface area contributed by atoms with Crippen LogP contribution in [0.1, 0.15) is 17.2 Å². The number of nitrogens with one attached hydrogen (secondary N) is 1. The fraction of sp³-hybridized carbons (Fsp3) is 0.312. The number of halogens is 1. The van der Waals surface area contributed by atoms with Crippen LogP contribution >= 0.6 is 15.9 Å². The first-order valence-corrected chi connectivity index (χ1v) is 7.79. The number of nitrogen functional groups attached to an aromatic ring is 1. The van der Waals surface area contributed by atoms with Gasteiger partial charge in [-0.05, 0) is 39.5 Å². The van der Waals surface area contributed by atoms with Crippen molar-refractivity contribution in [3.8, 4) is 11.1 Å². The van der Waals surface area contributed by atoms with Gasteiger partial charge in [0, 0.05) is 29.3 Å². The molecule has 0 aliphatic carbocycles. The number of pyridine rings is 1. The Labute approximate surface area is 132 Å². The Morgan fingerprint density at radius 2 is 2.10 bits per heavy atom. The van der Waals surface area contributed by atoms with E-state index in [1.165, 1.54) is 5.56 Å². The zero-order valence-electron chi connectivity index (χ0n) is 11.9. The third-order valence-electron chi connectivity index (χ3n) is 3.81. The van der Waals surface area contributed by atoms with E-state index in [0.29, 0.717) is 5.82 Å². The summed E-state index contributed by atoms with van der Waals surface area (Å²) < 4.78 is 6.74. The third kappa shape index (κ3) is 2.95. The lowest BCUT2D eigenvalue weighted by atomic mass is 9.99. The lowest BCUT2D eigenvalue weighted by Gasteiger charge is -2.24. The standard InChI is InChI=1S/C16H18BrN3O/c1-10-13(17)8-20-16(18)15(10)12-4-2-11(3-5-12)14-9-19-6-7-21-14/h2-5,8,14,19H,6-7,9H2,1H3,(H2,18,20)/t14-/m1/s1. The van der Waals surface area contributed by atoms with Crippen LogP contribution in [0.3, 0.4) is 0 Å². The summed E-state index contributed by atoms with van der Waals surface area (Å²) in [4.78, 5) is 4.22. The molecule has 1 atom stereocenters. The van der Waals surface area contributed by atoms with Crippen LogP contribution in [0, 0.1) is 6.92 Å². The van der Waals surface area contributed by atoms with Crippen molar-refractivity contribution < 1.29 is 4.74 Å². The predicted molar refractivity (Wildman–Crippen MR) is 88.1 cm³/mol. The van der Waals surface area contributed by atoms with E-state index in [2.05, 4.69) is 50.5 Å². The van der Waals surface area contributed by atoms with E-state index in [1.54, 1.807) is 6.20 Å². The van der Waals surface area contributed by atoms with Gasteiger partial charge in [0.2, 0.25) is 0 Å². The normalized spacial score (nSPS) is 18.7. The van der Waals surface area contributed by atoms with Crippen LogP contribution in [0.25, 0.3) is 11.1 Å². The number of nitrogens with two attached hydrogens (primary N) is 1. The van der Waals surface area contributed by atoms with Crippen molar-refractivity contribution in [2.24, 2.45) is 0 Å².